The Morgan fingerprint density at radius 2 is 1.64 bits per heavy atom. The van der Waals surface area contributed by atoms with E-state index in [2.05, 4.69) is 5.32 Å². The van der Waals surface area contributed by atoms with Gasteiger partial charge in [-0.15, -0.1) is 0 Å². The molecule has 0 heterocycles. The monoisotopic (exact) mass is 358 g/mol. The molecule has 25 heavy (non-hydrogen) atoms. The van der Waals surface area contributed by atoms with E-state index in [9.17, 15) is 22.9 Å². The SMILES string of the molecule is Nc1ccc(C(=O)Nc2c(O)ccc3ccc(S(=O)(=O)O)cc23)cc1. The van der Waals surface area contributed by atoms with Crippen LogP contribution in [0.3, 0.4) is 0 Å². The maximum absolute atomic E-state index is 12.4. The summed E-state index contributed by atoms with van der Waals surface area (Å²) >= 11 is 0. The Hall–Kier alpha value is -3.10. The van der Waals surface area contributed by atoms with Crippen molar-refractivity contribution in [3.05, 3.63) is 60.2 Å². The molecule has 5 N–H and O–H groups in total. The second-order valence-electron chi connectivity index (χ2n) is 5.39. The minimum absolute atomic E-state index is 0.0461. The molecule has 0 atom stereocenters. The third kappa shape index (κ3) is 3.39. The molecule has 0 bridgehead atoms. The number of anilines is 2. The Labute approximate surface area is 143 Å². The van der Waals surface area contributed by atoms with Crippen molar-refractivity contribution in [3.8, 4) is 5.75 Å². The number of aromatic hydroxyl groups is 1. The Kier molecular flexibility index (Phi) is 4.07. The molecule has 0 radical (unpaired) electrons. The van der Waals surface area contributed by atoms with Crippen molar-refractivity contribution in [1.82, 2.24) is 0 Å². The molecule has 128 valence electrons. The average Bonchev–Trinajstić information content (AvgIpc) is 2.56. The first kappa shape index (κ1) is 16.7. The first-order chi connectivity index (χ1) is 11.8. The number of hydrogen-bond acceptors (Lipinski definition) is 5. The molecule has 0 aliphatic carbocycles. The highest BCUT2D eigenvalue weighted by atomic mass is 32.2. The van der Waals surface area contributed by atoms with E-state index in [0.29, 0.717) is 16.6 Å². The number of phenolic OH excluding ortho intramolecular Hbond substituents is 1. The summed E-state index contributed by atoms with van der Waals surface area (Å²) in [6.45, 7) is 0. The van der Waals surface area contributed by atoms with Gasteiger partial charge in [0.1, 0.15) is 5.75 Å². The lowest BCUT2D eigenvalue weighted by molar-refractivity contribution is 0.102. The average molecular weight is 358 g/mol. The molecule has 7 nitrogen and oxygen atoms in total. The highest BCUT2D eigenvalue weighted by molar-refractivity contribution is 7.85. The Bertz CT molecular complexity index is 1080. The van der Waals surface area contributed by atoms with E-state index in [4.69, 9.17) is 5.73 Å². The van der Waals surface area contributed by atoms with Crippen LogP contribution in [0.4, 0.5) is 11.4 Å². The van der Waals surface area contributed by atoms with Gasteiger partial charge in [0.15, 0.2) is 0 Å². The second kappa shape index (κ2) is 6.08. The van der Waals surface area contributed by atoms with Gasteiger partial charge in [-0.3, -0.25) is 9.35 Å². The first-order valence-electron chi connectivity index (χ1n) is 7.16. The largest absolute Gasteiger partial charge is 0.506 e. The lowest BCUT2D eigenvalue weighted by atomic mass is 10.1. The summed E-state index contributed by atoms with van der Waals surface area (Å²) in [7, 11) is -4.42. The van der Waals surface area contributed by atoms with E-state index in [1.54, 1.807) is 18.2 Å². The van der Waals surface area contributed by atoms with Crippen molar-refractivity contribution in [2.45, 2.75) is 4.90 Å². The van der Waals surface area contributed by atoms with Crippen molar-refractivity contribution in [2.24, 2.45) is 0 Å². The minimum Gasteiger partial charge on any atom is -0.506 e. The molecule has 0 saturated carbocycles. The fraction of sp³-hybridized carbons (Fsp3) is 0. The van der Waals surface area contributed by atoms with Crippen LogP contribution < -0.4 is 11.1 Å². The molecule has 0 spiro atoms. The molecule has 1 amide bonds. The Morgan fingerprint density at radius 3 is 2.28 bits per heavy atom. The van der Waals surface area contributed by atoms with Gasteiger partial charge in [0, 0.05) is 16.6 Å². The van der Waals surface area contributed by atoms with Crippen LogP contribution in [-0.4, -0.2) is 24.0 Å². The molecule has 0 saturated heterocycles. The predicted molar refractivity (Wildman–Crippen MR) is 94.2 cm³/mol. The van der Waals surface area contributed by atoms with Crippen molar-refractivity contribution in [3.63, 3.8) is 0 Å². The number of carbonyl (C=O) groups excluding carboxylic acids is 1. The molecular formula is C17H14N2O5S. The van der Waals surface area contributed by atoms with Crippen LogP contribution in [0.5, 0.6) is 5.75 Å². The summed E-state index contributed by atoms with van der Waals surface area (Å²) in [6, 6.07) is 13.0. The summed E-state index contributed by atoms with van der Waals surface area (Å²) in [5.74, 6) is -0.733. The maximum atomic E-state index is 12.4. The zero-order valence-electron chi connectivity index (χ0n) is 12.8. The van der Waals surface area contributed by atoms with Crippen molar-refractivity contribution in [2.75, 3.05) is 11.1 Å². The number of rotatable bonds is 3. The lowest BCUT2D eigenvalue weighted by Gasteiger charge is -2.12. The molecule has 8 heteroatoms. The number of nitrogens with two attached hydrogens (primary N) is 1. The Balaban J connectivity index is 2.09. The van der Waals surface area contributed by atoms with Crippen molar-refractivity contribution < 1.29 is 22.9 Å². The zero-order valence-corrected chi connectivity index (χ0v) is 13.6. The summed E-state index contributed by atoms with van der Waals surface area (Å²) in [4.78, 5) is 12.0. The molecule has 0 fully saturated rings. The number of phenols is 1. The highest BCUT2D eigenvalue weighted by Gasteiger charge is 2.16. The number of amides is 1. The quantitative estimate of drug-likeness (QED) is 0.323. The highest BCUT2D eigenvalue weighted by Crippen LogP contribution is 2.34. The van der Waals surface area contributed by atoms with Crippen molar-refractivity contribution >= 4 is 38.2 Å². The van der Waals surface area contributed by atoms with Crippen LogP contribution in [0.2, 0.25) is 0 Å². The molecule has 3 aromatic rings. The van der Waals surface area contributed by atoms with Gasteiger partial charge < -0.3 is 16.2 Å². The van der Waals surface area contributed by atoms with E-state index in [1.807, 2.05) is 0 Å². The van der Waals surface area contributed by atoms with Gasteiger partial charge in [-0.05, 0) is 47.9 Å². The number of hydrogen-bond donors (Lipinski definition) is 4. The van der Waals surface area contributed by atoms with E-state index >= 15 is 0 Å². The van der Waals surface area contributed by atoms with Crippen LogP contribution in [0.15, 0.2) is 59.5 Å². The smallest absolute Gasteiger partial charge is 0.294 e. The van der Waals surface area contributed by atoms with Gasteiger partial charge in [0.2, 0.25) is 0 Å². The van der Waals surface area contributed by atoms with Gasteiger partial charge in [-0.25, -0.2) is 0 Å². The fourth-order valence-electron chi connectivity index (χ4n) is 2.40. The number of benzene rings is 3. The number of carbonyl (C=O) groups is 1. The molecule has 3 rings (SSSR count). The van der Waals surface area contributed by atoms with Crippen molar-refractivity contribution in [1.29, 1.82) is 0 Å². The molecule has 0 aliphatic heterocycles. The van der Waals surface area contributed by atoms with E-state index < -0.39 is 16.0 Å². The van der Waals surface area contributed by atoms with Crippen LogP contribution in [0.25, 0.3) is 10.8 Å². The molecule has 0 aromatic heterocycles. The molecule has 0 aliphatic rings. The third-order valence-electron chi connectivity index (χ3n) is 3.68. The minimum atomic E-state index is -4.42. The number of nitrogens with one attached hydrogen (secondary N) is 1. The first-order valence-corrected chi connectivity index (χ1v) is 8.60. The summed E-state index contributed by atoms with van der Waals surface area (Å²) in [5.41, 5.74) is 6.45. The lowest BCUT2D eigenvalue weighted by Crippen LogP contribution is -2.12. The van der Waals surface area contributed by atoms with E-state index in [0.717, 1.165) is 0 Å². The zero-order chi connectivity index (χ0) is 18.2. The molecule has 3 aromatic carbocycles. The van der Waals surface area contributed by atoms with E-state index in [-0.39, 0.29) is 21.7 Å². The second-order valence-corrected chi connectivity index (χ2v) is 6.82. The van der Waals surface area contributed by atoms with E-state index in [1.165, 1.54) is 36.4 Å². The van der Waals surface area contributed by atoms with Gasteiger partial charge in [0.05, 0.1) is 10.6 Å². The van der Waals surface area contributed by atoms with Gasteiger partial charge >= 0.3 is 0 Å². The summed E-state index contributed by atoms with van der Waals surface area (Å²) in [5, 5.41) is 13.5. The number of fused-ring (bicyclic) bond motifs is 1. The molecule has 0 unspecified atom stereocenters. The van der Waals surface area contributed by atoms with Gasteiger partial charge in [-0.1, -0.05) is 12.1 Å². The summed E-state index contributed by atoms with van der Waals surface area (Å²) < 4.78 is 31.9. The van der Waals surface area contributed by atoms with Crippen LogP contribution >= 0.6 is 0 Å². The standard InChI is InChI=1S/C17H14N2O5S/c18-12-5-1-11(2-6-12)17(21)19-16-14-9-13(25(22,23)24)7-3-10(14)4-8-15(16)20/h1-9,20H,18H2,(H,19,21)(H,22,23,24). The predicted octanol–water partition coefficient (Wildman–Crippen LogP) is 2.63. The van der Waals surface area contributed by atoms with Gasteiger partial charge in [0.25, 0.3) is 16.0 Å². The van der Waals surface area contributed by atoms with Crippen LogP contribution in [0, 0.1) is 0 Å². The number of nitrogen functional groups attached to an aromatic ring is 1. The van der Waals surface area contributed by atoms with Crippen LogP contribution in [0.1, 0.15) is 10.4 Å². The van der Waals surface area contributed by atoms with Crippen LogP contribution in [-0.2, 0) is 10.1 Å². The Morgan fingerprint density at radius 1 is 1.00 bits per heavy atom. The summed E-state index contributed by atoms with van der Waals surface area (Å²) in [6.07, 6.45) is 0. The fourth-order valence-corrected chi connectivity index (χ4v) is 2.91. The van der Waals surface area contributed by atoms with Gasteiger partial charge in [-0.2, -0.15) is 8.42 Å². The third-order valence-corrected chi connectivity index (χ3v) is 4.53. The topological polar surface area (TPSA) is 130 Å². The maximum Gasteiger partial charge on any atom is 0.294 e. The molecular weight excluding hydrogens is 344 g/mol. The normalized spacial score (nSPS) is 11.4.